The van der Waals surface area contributed by atoms with Crippen molar-refractivity contribution >= 4 is 27.7 Å². The Bertz CT molecular complexity index is 1210. The Morgan fingerprint density at radius 2 is 1.71 bits per heavy atom. The van der Waals surface area contributed by atoms with Gasteiger partial charge in [0.25, 0.3) is 5.91 Å². The predicted molar refractivity (Wildman–Crippen MR) is 128 cm³/mol. The van der Waals surface area contributed by atoms with E-state index in [-0.39, 0.29) is 5.91 Å². The van der Waals surface area contributed by atoms with Gasteiger partial charge >= 0.3 is 6.18 Å². The lowest BCUT2D eigenvalue weighted by atomic mass is 10.0. The molecular formula is C25H24BrF3N4O. The molecule has 1 aromatic heterocycles. The van der Waals surface area contributed by atoms with Crippen LogP contribution in [0.3, 0.4) is 0 Å². The summed E-state index contributed by atoms with van der Waals surface area (Å²) in [5.74, 6) is 1.30. The van der Waals surface area contributed by atoms with E-state index in [0.717, 1.165) is 27.6 Å². The van der Waals surface area contributed by atoms with Crippen molar-refractivity contribution in [3.8, 4) is 0 Å². The molecule has 1 saturated heterocycles. The molecule has 9 heteroatoms. The third-order valence-corrected chi connectivity index (χ3v) is 6.37. The first kappa shape index (κ1) is 24.2. The van der Waals surface area contributed by atoms with Gasteiger partial charge in [-0.2, -0.15) is 13.2 Å². The third-order valence-electron chi connectivity index (χ3n) is 5.88. The Morgan fingerprint density at radius 3 is 2.38 bits per heavy atom. The highest BCUT2D eigenvalue weighted by molar-refractivity contribution is 9.10. The first-order valence-corrected chi connectivity index (χ1v) is 11.7. The molecular weight excluding hydrogens is 509 g/mol. The van der Waals surface area contributed by atoms with E-state index in [1.54, 1.807) is 25.1 Å². The van der Waals surface area contributed by atoms with Crippen LogP contribution in [0.1, 0.15) is 38.6 Å². The number of aromatic nitrogens is 2. The highest BCUT2D eigenvalue weighted by atomic mass is 79.9. The number of nitrogens with zero attached hydrogens (tertiary/aromatic N) is 4. The SMILES string of the molecule is Cc1nc(C)c(Cc2cccc(C(F)(F)F)c2)c(N2CCN(C(=O)c3cccc(Br)c3)CC2)n1. The van der Waals surface area contributed by atoms with Crippen molar-refractivity contribution in [2.75, 3.05) is 31.1 Å². The first-order valence-electron chi connectivity index (χ1n) is 10.9. The van der Waals surface area contributed by atoms with Crippen molar-refractivity contribution in [3.05, 3.63) is 86.8 Å². The van der Waals surface area contributed by atoms with Crippen molar-refractivity contribution in [1.82, 2.24) is 14.9 Å². The van der Waals surface area contributed by atoms with E-state index in [0.29, 0.717) is 49.6 Å². The van der Waals surface area contributed by atoms with Gasteiger partial charge in [-0.1, -0.05) is 40.2 Å². The van der Waals surface area contributed by atoms with Crippen molar-refractivity contribution in [1.29, 1.82) is 0 Å². The van der Waals surface area contributed by atoms with E-state index in [1.807, 2.05) is 24.0 Å². The number of hydrogen-bond donors (Lipinski definition) is 0. The van der Waals surface area contributed by atoms with Crippen LogP contribution < -0.4 is 4.90 Å². The topological polar surface area (TPSA) is 49.3 Å². The van der Waals surface area contributed by atoms with Crippen molar-refractivity contribution in [3.63, 3.8) is 0 Å². The number of benzene rings is 2. The number of halogens is 4. The van der Waals surface area contributed by atoms with Gasteiger partial charge in [-0.25, -0.2) is 9.97 Å². The molecule has 0 saturated carbocycles. The monoisotopic (exact) mass is 532 g/mol. The van der Waals surface area contributed by atoms with E-state index in [2.05, 4.69) is 30.8 Å². The molecule has 0 radical (unpaired) electrons. The molecule has 2 aromatic carbocycles. The molecule has 1 aliphatic heterocycles. The Balaban J connectivity index is 1.55. The summed E-state index contributed by atoms with van der Waals surface area (Å²) in [5.41, 5.74) is 2.05. The van der Waals surface area contributed by atoms with E-state index in [9.17, 15) is 18.0 Å². The second-order valence-corrected chi connectivity index (χ2v) is 9.24. The molecule has 0 spiro atoms. The fraction of sp³-hybridized carbons (Fsp3) is 0.320. The van der Waals surface area contributed by atoms with Gasteiger partial charge in [0.2, 0.25) is 0 Å². The lowest BCUT2D eigenvalue weighted by molar-refractivity contribution is -0.137. The van der Waals surface area contributed by atoms with Crippen molar-refractivity contribution < 1.29 is 18.0 Å². The maximum Gasteiger partial charge on any atom is 0.416 e. The van der Waals surface area contributed by atoms with Gasteiger partial charge in [0, 0.05) is 53.9 Å². The van der Waals surface area contributed by atoms with Crippen LogP contribution in [0.2, 0.25) is 0 Å². The number of carbonyl (C=O) groups excluding carboxylic acids is 1. The smallest absolute Gasteiger partial charge is 0.353 e. The average Bonchev–Trinajstić information content (AvgIpc) is 2.80. The fourth-order valence-corrected chi connectivity index (χ4v) is 4.57. The number of anilines is 1. The molecule has 1 amide bonds. The minimum Gasteiger partial charge on any atom is -0.353 e. The molecule has 0 bridgehead atoms. The number of alkyl halides is 3. The number of rotatable bonds is 4. The summed E-state index contributed by atoms with van der Waals surface area (Å²) in [4.78, 5) is 25.9. The average molecular weight is 533 g/mol. The van der Waals surface area contributed by atoms with Gasteiger partial charge in [0.15, 0.2) is 0 Å². The second-order valence-electron chi connectivity index (χ2n) is 8.32. The van der Waals surface area contributed by atoms with Gasteiger partial charge < -0.3 is 9.80 Å². The van der Waals surface area contributed by atoms with Gasteiger partial charge in [0.1, 0.15) is 11.6 Å². The second kappa shape index (κ2) is 9.74. The minimum absolute atomic E-state index is 0.0276. The molecule has 1 aliphatic rings. The summed E-state index contributed by atoms with van der Waals surface area (Å²) in [7, 11) is 0. The van der Waals surface area contributed by atoms with Crippen LogP contribution in [0.5, 0.6) is 0 Å². The van der Waals surface area contributed by atoms with Gasteiger partial charge in [-0.15, -0.1) is 0 Å². The van der Waals surface area contributed by atoms with Crippen molar-refractivity contribution in [2.24, 2.45) is 0 Å². The molecule has 4 rings (SSSR count). The summed E-state index contributed by atoms with van der Waals surface area (Å²) in [6.45, 7) is 5.86. The molecule has 5 nitrogen and oxygen atoms in total. The van der Waals surface area contributed by atoms with Crippen LogP contribution in [-0.2, 0) is 12.6 Å². The first-order chi connectivity index (χ1) is 16.1. The zero-order valence-corrected chi connectivity index (χ0v) is 20.4. The molecule has 34 heavy (non-hydrogen) atoms. The van der Waals surface area contributed by atoms with Crippen LogP contribution in [0.4, 0.5) is 19.0 Å². The molecule has 0 atom stereocenters. The Labute approximate surface area is 204 Å². The summed E-state index contributed by atoms with van der Waals surface area (Å²) in [6, 6.07) is 12.7. The van der Waals surface area contributed by atoms with Crippen LogP contribution in [0.25, 0.3) is 0 Å². The van der Waals surface area contributed by atoms with Crippen LogP contribution >= 0.6 is 15.9 Å². The lowest BCUT2D eigenvalue weighted by Gasteiger charge is -2.36. The molecule has 3 aromatic rings. The van der Waals surface area contributed by atoms with Crippen LogP contribution in [-0.4, -0.2) is 47.0 Å². The predicted octanol–water partition coefficient (Wildman–Crippen LogP) is 5.43. The van der Waals surface area contributed by atoms with E-state index in [1.165, 1.54) is 12.1 Å². The van der Waals surface area contributed by atoms with E-state index >= 15 is 0 Å². The van der Waals surface area contributed by atoms with Gasteiger partial charge in [-0.05, 0) is 43.7 Å². The lowest BCUT2D eigenvalue weighted by Crippen LogP contribution is -2.49. The zero-order valence-electron chi connectivity index (χ0n) is 18.9. The Kier molecular flexibility index (Phi) is 6.93. The van der Waals surface area contributed by atoms with Crippen LogP contribution in [0.15, 0.2) is 53.0 Å². The molecule has 178 valence electrons. The number of amides is 1. The fourth-order valence-electron chi connectivity index (χ4n) is 4.17. The zero-order chi connectivity index (χ0) is 24.5. The highest BCUT2D eigenvalue weighted by Gasteiger charge is 2.31. The Hall–Kier alpha value is -2.94. The number of aryl methyl sites for hydroxylation is 2. The van der Waals surface area contributed by atoms with Crippen LogP contribution in [0, 0.1) is 13.8 Å². The van der Waals surface area contributed by atoms with E-state index < -0.39 is 11.7 Å². The summed E-state index contributed by atoms with van der Waals surface area (Å²) >= 11 is 3.40. The standard InChI is InChI=1S/C25H24BrF3N4O/c1-16-22(14-18-5-3-7-20(13-18)25(27,28)29)23(31-17(2)30-16)32-9-11-33(12-10-32)24(34)19-6-4-8-21(26)15-19/h3-8,13,15H,9-12,14H2,1-2H3. The Morgan fingerprint density at radius 1 is 1.00 bits per heavy atom. The largest absolute Gasteiger partial charge is 0.416 e. The van der Waals surface area contributed by atoms with E-state index in [4.69, 9.17) is 0 Å². The minimum atomic E-state index is -4.39. The molecule has 0 N–H and O–H groups in total. The quantitative estimate of drug-likeness (QED) is 0.449. The maximum absolute atomic E-state index is 13.2. The molecule has 1 fully saturated rings. The molecule has 0 unspecified atom stereocenters. The summed E-state index contributed by atoms with van der Waals surface area (Å²) in [5, 5.41) is 0. The summed E-state index contributed by atoms with van der Waals surface area (Å²) < 4.78 is 40.4. The van der Waals surface area contributed by atoms with Gasteiger partial charge in [0.05, 0.1) is 5.56 Å². The molecule has 0 aliphatic carbocycles. The number of hydrogen-bond acceptors (Lipinski definition) is 4. The van der Waals surface area contributed by atoms with Crippen molar-refractivity contribution in [2.45, 2.75) is 26.4 Å². The van der Waals surface area contributed by atoms with Gasteiger partial charge in [-0.3, -0.25) is 4.79 Å². The number of carbonyl (C=O) groups is 1. The maximum atomic E-state index is 13.2. The summed E-state index contributed by atoms with van der Waals surface area (Å²) in [6.07, 6.45) is -4.10. The number of piperazine rings is 1. The highest BCUT2D eigenvalue weighted by Crippen LogP contribution is 2.31. The molecule has 2 heterocycles. The third kappa shape index (κ3) is 5.41. The normalized spacial score (nSPS) is 14.4.